The minimum atomic E-state index is -3.93. The van der Waals surface area contributed by atoms with Gasteiger partial charge in [-0.2, -0.15) is 0 Å². The van der Waals surface area contributed by atoms with Crippen molar-refractivity contribution in [1.29, 1.82) is 0 Å². The normalized spacial score (nSPS) is 11.1. The van der Waals surface area contributed by atoms with Gasteiger partial charge < -0.3 is 5.11 Å². The lowest BCUT2D eigenvalue weighted by Gasteiger charge is -2.20. The van der Waals surface area contributed by atoms with Crippen molar-refractivity contribution in [3.63, 3.8) is 0 Å². The molecule has 0 amide bonds. The Morgan fingerprint density at radius 2 is 1.62 bits per heavy atom. The number of anilines is 1. The van der Waals surface area contributed by atoms with Crippen molar-refractivity contribution in [2.75, 3.05) is 11.4 Å². The minimum Gasteiger partial charge on any atom is -0.478 e. The predicted octanol–water partition coefficient (Wildman–Crippen LogP) is 2.52. The van der Waals surface area contributed by atoms with Crippen LogP contribution in [0.15, 0.2) is 53.4 Å². The van der Waals surface area contributed by atoms with Crippen LogP contribution in [0.1, 0.15) is 15.9 Å². The first-order valence-corrected chi connectivity index (χ1v) is 7.66. The number of carboxylic acid groups (broad SMARTS) is 1. The summed E-state index contributed by atoms with van der Waals surface area (Å²) in [6, 6.07) is 12.5. The summed E-state index contributed by atoms with van der Waals surface area (Å²) in [5.41, 5.74) is 1.24. The molecule has 0 atom stereocenters. The van der Waals surface area contributed by atoms with Gasteiger partial charge in [0.05, 0.1) is 11.3 Å². The highest BCUT2D eigenvalue weighted by atomic mass is 32.2. The molecule has 0 unspecified atom stereocenters. The Labute approximate surface area is 123 Å². The van der Waals surface area contributed by atoms with Gasteiger partial charge in [-0.25, -0.2) is 13.2 Å². The molecule has 21 heavy (non-hydrogen) atoms. The number of benzene rings is 2. The molecule has 6 heteroatoms. The lowest BCUT2D eigenvalue weighted by Crippen LogP contribution is -2.28. The lowest BCUT2D eigenvalue weighted by atomic mass is 10.2. The second-order valence-electron chi connectivity index (χ2n) is 4.61. The first-order valence-electron chi connectivity index (χ1n) is 6.22. The van der Waals surface area contributed by atoms with E-state index >= 15 is 0 Å². The van der Waals surface area contributed by atoms with E-state index in [1.807, 2.05) is 6.92 Å². The van der Waals surface area contributed by atoms with Crippen LogP contribution in [0.2, 0.25) is 0 Å². The van der Waals surface area contributed by atoms with Gasteiger partial charge in [-0.05, 0) is 31.2 Å². The number of carbonyl (C=O) groups is 1. The van der Waals surface area contributed by atoms with Gasteiger partial charge in [0.25, 0.3) is 10.0 Å². The van der Waals surface area contributed by atoms with E-state index < -0.39 is 16.0 Å². The summed E-state index contributed by atoms with van der Waals surface area (Å²) < 4.78 is 26.3. The number of aryl methyl sites for hydroxylation is 1. The molecule has 0 saturated carbocycles. The summed E-state index contributed by atoms with van der Waals surface area (Å²) in [5, 5.41) is 9.13. The van der Waals surface area contributed by atoms with E-state index in [4.69, 9.17) is 5.11 Å². The van der Waals surface area contributed by atoms with E-state index in [0.717, 1.165) is 9.87 Å². The maximum absolute atomic E-state index is 12.6. The monoisotopic (exact) mass is 305 g/mol. The smallest absolute Gasteiger partial charge is 0.337 e. The molecular formula is C15H15NO4S. The third kappa shape index (κ3) is 2.90. The average molecular weight is 305 g/mol. The van der Waals surface area contributed by atoms with Crippen molar-refractivity contribution in [1.82, 2.24) is 0 Å². The van der Waals surface area contributed by atoms with Crippen LogP contribution in [-0.2, 0) is 10.0 Å². The molecule has 0 saturated heterocycles. The third-order valence-corrected chi connectivity index (χ3v) is 5.00. The highest BCUT2D eigenvalue weighted by molar-refractivity contribution is 7.92. The van der Waals surface area contributed by atoms with Crippen LogP contribution in [-0.4, -0.2) is 26.5 Å². The summed E-state index contributed by atoms with van der Waals surface area (Å²) in [6.07, 6.45) is 0. The van der Waals surface area contributed by atoms with Crippen LogP contribution >= 0.6 is 0 Å². The Morgan fingerprint density at radius 3 is 2.19 bits per heavy atom. The van der Waals surface area contributed by atoms with Crippen molar-refractivity contribution >= 4 is 21.7 Å². The second kappa shape index (κ2) is 5.57. The number of rotatable bonds is 4. The third-order valence-electron chi connectivity index (χ3n) is 3.15. The molecule has 2 aromatic carbocycles. The summed E-state index contributed by atoms with van der Waals surface area (Å²) in [5.74, 6) is -1.27. The van der Waals surface area contributed by atoms with Gasteiger partial charge in [0, 0.05) is 7.05 Å². The van der Waals surface area contributed by atoms with Gasteiger partial charge in [-0.1, -0.05) is 29.8 Å². The van der Waals surface area contributed by atoms with E-state index in [1.165, 1.54) is 31.3 Å². The van der Waals surface area contributed by atoms with Crippen molar-refractivity contribution in [2.45, 2.75) is 11.8 Å². The molecule has 0 bridgehead atoms. The van der Waals surface area contributed by atoms with Gasteiger partial charge >= 0.3 is 5.97 Å². The van der Waals surface area contributed by atoms with Crippen LogP contribution in [0.3, 0.4) is 0 Å². The Kier molecular flexibility index (Phi) is 3.99. The maximum Gasteiger partial charge on any atom is 0.337 e. The fourth-order valence-corrected chi connectivity index (χ4v) is 3.29. The first kappa shape index (κ1) is 15.1. The SMILES string of the molecule is Cc1ccc(N(C)S(=O)(=O)c2ccccc2C(=O)O)cc1. The number of carboxylic acids is 1. The summed E-state index contributed by atoms with van der Waals surface area (Å²) in [7, 11) is -2.53. The molecule has 0 aliphatic rings. The quantitative estimate of drug-likeness (QED) is 0.942. The molecule has 0 heterocycles. The number of hydrogen-bond acceptors (Lipinski definition) is 3. The van der Waals surface area contributed by atoms with Gasteiger partial charge in [0.2, 0.25) is 0 Å². The maximum atomic E-state index is 12.6. The van der Waals surface area contributed by atoms with Crippen LogP contribution < -0.4 is 4.31 Å². The number of sulfonamides is 1. The molecular weight excluding hydrogens is 290 g/mol. The molecule has 0 fully saturated rings. The molecule has 2 rings (SSSR count). The topological polar surface area (TPSA) is 74.7 Å². The zero-order chi connectivity index (χ0) is 15.6. The Hall–Kier alpha value is -2.34. The summed E-state index contributed by atoms with van der Waals surface area (Å²) in [6.45, 7) is 1.90. The van der Waals surface area contributed by atoms with Crippen LogP contribution in [0.25, 0.3) is 0 Å². The van der Waals surface area contributed by atoms with E-state index in [2.05, 4.69) is 0 Å². The van der Waals surface area contributed by atoms with Crippen LogP contribution in [0, 0.1) is 6.92 Å². The Bertz CT molecular complexity index is 767. The van der Waals surface area contributed by atoms with Gasteiger partial charge in [-0.15, -0.1) is 0 Å². The standard InChI is InChI=1S/C15H15NO4S/c1-11-7-9-12(10-8-11)16(2)21(19,20)14-6-4-3-5-13(14)15(17)18/h3-10H,1-2H3,(H,17,18). The number of hydrogen-bond donors (Lipinski definition) is 1. The lowest BCUT2D eigenvalue weighted by molar-refractivity contribution is 0.0692. The summed E-state index contributed by atoms with van der Waals surface area (Å²) >= 11 is 0. The average Bonchev–Trinajstić information content (AvgIpc) is 2.47. The Morgan fingerprint density at radius 1 is 1.05 bits per heavy atom. The molecule has 0 aliphatic heterocycles. The van der Waals surface area contributed by atoms with Crippen LogP contribution in [0.5, 0.6) is 0 Å². The van der Waals surface area contributed by atoms with E-state index in [0.29, 0.717) is 5.69 Å². The highest BCUT2D eigenvalue weighted by Gasteiger charge is 2.26. The van der Waals surface area contributed by atoms with Crippen molar-refractivity contribution in [3.05, 3.63) is 59.7 Å². The molecule has 110 valence electrons. The highest BCUT2D eigenvalue weighted by Crippen LogP contribution is 2.24. The van der Waals surface area contributed by atoms with E-state index in [1.54, 1.807) is 24.3 Å². The fourth-order valence-electron chi connectivity index (χ4n) is 1.91. The van der Waals surface area contributed by atoms with E-state index in [9.17, 15) is 13.2 Å². The fraction of sp³-hybridized carbons (Fsp3) is 0.133. The van der Waals surface area contributed by atoms with Crippen molar-refractivity contribution in [2.24, 2.45) is 0 Å². The predicted molar refractivity (Wildman–Crippen MR) is 80.2 cm³/mol. The minimum absolute atomic E-state index is 0.222. The van der Waals surface area contributed by atoms with Crippen molar-refractivity contribution < 1.29 is 18.3 Å². The first-order chi connectivity index (χ1) is 9.84. The molecule has 0 aromatic heterocycles. The molecule has 0 aliphatic carbocycles. The summed E-state index contributed by atoms with van der Waals surface area (Å²) in [4.78, 5) is 11.0. The zero-order valence-electron chi connectivity index (χ0n) is 11.6. The van der Waals surface area contributed by atoms with Gasteiger partial charge in [0.15, 0.2) is 0 Å². The second-order valence-corrected chi connectivity index (χ2v) is 6.55. The van der Waals surface area contributed by atoms with Gasteiger partial charge in [0.1, 0.15) is 4.90 Å². The molecule has 0 radical (unpaired) electrons. The molecule has 0 spiro atoms. The molecule has 1 N–H and O–H groups in total. The van der Waals surface area contributed by atoms with Crippen LogP contribution in [0.4, 0.5) is 5.69 Å². The van der Waals surface area contributed by atoms with E-state index in [-0.39, 0.29) is 10.5 Å². The molecule has 2 aromatic rings. The Balaban J connectivity index is 2.52. The zero-order valence-corrected chi connectivity index (χ0v) is 12.5. The van der Waals surface area contributed by atoms with Gasteiger partial charge in [-0.3, -0.25) is 4.31 Å². The molecule has 5 nitrogen and oxygen atoms in total. The number of nitrogens with zero attached hydrogens (tertiary/aromatic N) is 1. The number of aromatic carboxylic acids is 1. The van der Waals surface area contributed by atoms with Crippen molar-refractivity contribution in [3.8, 4) is 0 Å². The largest absolute Gasteiger partial charge is 0.478 e.